The van der Waals surface area contributed by atoms with E-state index >= 15 is 0 Å². The van der Waals surface area contributed by atoms with E-state index in [9.17, 15) is 13.6 Å². The molecule has 23 heavy (non-hydrogen) atoms. The standard InChI is InChI=1S/C17H18F2N2OS/c1-11-4-7-16(23-11)15-3-2-8-21(15)10-17(22)20-12-5-6-13(18)14(19)9-12/h4-7,9,15H,2-3,8,10H2,1H3,(H,20,22). The molecule has 2 aromatic rings. The van der Waals surface area contributed by atoms with Crippen molar-refractivity contribution in [1.82, 2.24) is 4.90 Å². The van der Waals surface area contributed by atoms with Gasteiger partial charge in [-0.1, -0.05) is 0 Å². The Hall–Kier alpha value is -1.79. The molecule has 2 heterocycles. The zero-order valence-corrected chi connectivity index (χ0v) is 13.6. The van der Waals surface area contributed by atoms with Gasteiger partial charge in [-0.3, -0.25) is 9.69 Å². The highest BCUT2D eigenvalue weighted by atomic mass is 32.1. The van der Waals surface area contributed by atoms with Crippen LogP contribution in [-0.2, 0) is 4.79 Å². The van der Waals surface area contributed by atoms with E-state index in [1.54, 1.807) is 11.3 Å². The zero-order chi connectivity index (χ0) is 16.4. The van der Waals surface area contributed by atoms with Crippen molar-refractivity contribution in [1.29, 1.82) is 0 Å². The fourth-order valence-corrected chi connectivity index (χ4v) is 3.98. The summed E-state index contributed by atoms with van der Waals surface area (Å²) in [6.07, 6.45) is 2.10. The maximum absolute atomic E-state index is 13.2. The van der Waals surface area contributed by atoms with Gasteiger partial charge >= 0.3 is 0 Å². The number of rotatable bonds is 4. The maximum Gasteiger partial charge on any atom is 0.238 e. The van der Waals surface area contributed by atoms with Gasteiger partial charge in [-0.15, -0.1) is 11.3 Å². The lowest BCUT2D eigenvalue weighted by atomic mass is 10.2. The van der Waals surface area contributed by atoms with Gasteiger partial charge in [0.25, 0.3) is 0 Å². The molecule has 1 aromatic carbocycles. The van der Waals surface area contributed by atoms with Crippen LogP contribution in [0, 0.1) is 18.6 Å². The molecule has 1 saturated heterocycles. The highest BCUT2D eigenvalue weighted by Crippen LogP contribution is 2.35. The Morgan fingerprint density at radius 3 is 2.83 bits per heavy atom. The summed E-state index contributed by atoms with van der Waals surface area (Å²) in [6, 6.07) is 7.86. The van der Waals surface area contributed by atoms with Gasteiger partial charge in [-0.05, 0) is 50.6 Å². The Morgan fingerprint density at radius 2 is 2.13 bits per heavy atom. The first-order valence-electron chi connectivity index (χ1n) is 7.58. The topological polar surface area (TPSA) is 32.3 Å². The van der Waals surface area contributed by atoms with Gasteiger partial charge < -0.3 is 5.32 Å². The molecule has 1 N–H and O–H groups in total. The number of carbonyl (C=O) groups is 1. The van der Waals surface area contributed by atoms with E-state index in [0.29, 0.717) is 0 Å². The van der Waals surface area contributed by atoms with Crippen LogP contribution in [0.4, 0.5) is 14.5 Å². The predicted molar refractivity (Wildman–Crippen MR) is 87.6 cm³/mol. The van der Waals surface area contributed by atoms with E-state index in [0.717, 1.165) is 31.5 Å². The Bertz CT molecular complexity index is 716. The lowest BCUT2D eigenvalue weighted by molar-refractivity contribution is -0.117. The van der Waals surface area contributed by atoms with Crippen LogP contribution in [0.25, 0.3) is 0 Å². The molecule has 0 radical (unpaired) electrons. The van der Waals surface area contributed by atoms with Crippen molar-refractivity contribution < 1.29 is 13.6 Å². The first-order chi connectivity index (χ1) is 11.0. The fraction of sp³-hybridized carbons (Fsp3) is 0.353. The van der Waals surface area contributed by atoms with E-state index in [4.69, 9.17) is 0 Å². The number of thiophene rings is 1. The molecule has 122 valence electrons. The van der Waals surface area contributed by atoms with Gasteiger partial charge in [-0.25, -0.2) is 8.78 Å². The molecule has 0 bridgehead atoms. The number of hydrogen-bond acceptors (Lipinski definition) is 3. The summed E-state index contributed by atoms with van der Waals surface area (Å²) in [4.78, 5) is 16.9. The first kappa shape index (κ1) is 16.1. The van der Waals surface area contributed by atoms with Gasteiger partial charge in [0, 0.05) is 27.5 Å². The Labute approximate surface area is 137 Å². The normalized spacial score (nSPS) is 18.3. The SMILES string of the molecule is Cc1ccc(C2CCCN2CC(=O)Nc2ccc(F)c(F)c2)s1. The third-order valence-corrected chi connectivity index (χ3v) is 5.11. The number of nitrogens with zero attached hydrogens (tertiary/aromatic N) is 1. The third-order valence-electron chi connectivity index (χ3n) is 4.00. The summed E-state index contributed by atoms with van der Waals surface area (Å²) in [5, 5.41) is 2.63. The fourth-order valence-electron chi connectivity index (χ4n) is 2.93. The summed E-state index contributed by atoms with van der Waals surface area (Å²) >= 11 is 1.76. The predicted octanol–water partition coefficient (Wildman–Crippen LogP) is 4.11. The molecule has 1 aliphatic rings. The van der Waals surface area contributed by atoms with Crippen LogP contribution < -0.4 is 5.32 Å². The van der Waals surface area contributed by atoms with Crippen molar-refractivity contribution in [2.24, 2.45) is 0 Å². The number of amides is 1. The highest BCUT2D eigenvalue weighted by Gasteiger charge is 2.28. The number of aryl methyl sites for hydroxylation is 1. The largest absolute Gasteiger partial charge is 0.325 e. The van der Waals surface area contributed by atoms with Gasteiger partial charge in [0.2, 0.25) is 5.91 Å². The minimum absolute atomic E-state index is 0.212. The third kappa shape index (κ3) is 3.76. The second-order valence-corrected chi connectivity index (χ2v) is 7.07. The van der Waals surface area contributed by atoms with Crippen molar-refractivity contribution in [2.75, 3.05) is 18.4 Å². The van der Waals surface area contributed by atoms with Gasteiger partial charge in [0.15, 0.2) is 11.6 Å². The van der Waals surface area contributed by atoms with Crippen molar-refractivity contribution in [2.45, 2.75) is 25.8 Å². The van der Waals surface area contributed by atoms with E-state index < -0.39 is 11.6 Å². The molecule has 3 nitrogen and oxygen atoms in total. The van der Waals surface area contributed by atoms with E-state index in [-0.39, 0.29) is 24.2 Å². The number of nitrogens with one attached hydrogen (secondary N) is 1. The van der Waals surface area contributed by atoms with E-state index in [2.05, 4.69) is 29.3 Å². The molecule has 6 heteroatoms. The number of halogens is 2. The molecule has 3 rings (SSSR count). The molecule has 1 aliphatic heterocycles. The van der Waals surface area contributed by atoms with Crippen LogP contribution in [0.15, 0.2) is 30.3 Å². The molecule has 1 fully saturated rings. The summed E-state index contributed by atoms with van der Waals surface area (Å²) in [5.74, 6) is -2.09. The molecule has 1 unspecified atom stereocenters. The number of anilines is 1. The first-order valence-corrected chi connectivity index (χ1v) is 8.40. The van der Waals surface area contributed by atoms with Gasteiger partial charge in [-0.2, -0.15) is 0 Å². The van der Waals surface area contributed by atoms with Crippen LogP contribution in [0.2, 0.25) is 0 Å². The van der Waals surface area contributed by atoms with Crippen LogP contribution >= 0.6 is 11.3 Å². The number of benzene rings is 1. The van der Waals surface area contributed by atoms with Crippen molar-refractivity contribution in [3.8, 4) is 0 Å². The molecule has 1 aromatic heterocycles. The van der Waals surface area contributed by atoms with Crippen molar-refractivity contribution >= 4 is 22.9 Å². The summed E-state index contributed by atoms with van der Waals surface area (Å²) in [7, 11) is 0. The quantitative estimate of drug-likeness (QED) is 0.911. The number of hydrogen-bond donors (Lipinski definition) is 1. The molecule has 0 saturated carbocycles. The smallest absolute Gasteiger partial charge is 0.238 e. The molecular weight excluding hydrogens is 318 g/mol. The average molecular weight is 336 g/mol. The van der Waals surface area contributed by atoms with Crippen LogP contribution in [0.5, 0.6) is 0 Å². The van der Waals surface area contributed by atoms with Gasteiger partial charge in [0.1, 0.15) is 0 Å². The minimum atomic E-state index is -0.962. The number of likely N-dealkylation sites (tertiary alicyclic amines) is 1. The van der Waals surface area contributed by atoms with E-state index in [1.165, 1.54) is 15.8 Å². The molecule has 1 amide bonds. The van der Waals surface area contributed by atoms with Gasteiger partial charge in [0.05, 0.1) is 6.54 Å². The van der Waals surface area contributed by atoms with Crippen LogP contribution in [0.1, 0.15) is 28.6 Å². The van der Waals surface area contributed by atoms with Crippen LogP contribution in [-0.4, -0.2) is 23.9 Å². The van der Waals surface area contributed by atoms with Crippen molar-refractivity contribution in [3.05, 3.63) is 51.7 Å². The second kappa shape index (κ2) is 6.76. The maximum atomic E-state index is 13.2. The number of carbonyl (C=O) groups excluding carboxylic acids is 1. The lowest BCUT2D eigenvalue weighted by Crippen LogP contribution is -2.32. The summed E-state index contributed by atoms with van der Waals surface area (Å²) in [6.45, 7) is 3.19. The second-order valence-electron chi connectivity index (χ2n) is 5.75. The van der Waals surface area contributed by atoms with E-state index in [1.807, 2.05) is 0 Å². The minimum Gasteiger partial charge on any atom is -0.325 e. The molecule has 0 spiro atoms. The van der Waals surface area contributed by atoms with Crippen molar-refractivity contribution in [3.63, 3.8) is 0 Å². The Balaban J connectivity index is 1.63. The highest BCUT2D eigenvalue weighted by molar-refractivity contribution is 7.12. The molecule has 0 aliphatic carbocycles. The Morgan fingerprint density at radius 1 is 1.30 bits per heavy atom. The lowest BCUT2D eigenvalue weighted by Gasteiger charge is -2.22. The summed E-state index contributed by atoms with van der Waals surface area (Å²) < 4.78 is 26.1. The average Bonchev–Trinajstić information content (AvgIpc) is 3.11. The summed E-state index contributed by atoms with van der Waals surface area (Å²) in [5.41, 5.74) is 0.275. The zero-order valence-electron chi connectivity index (χ0n) is 12.8. The molecular formula is C17H18F2N2OS. The molecule has 1 atom stereocenters. The Kier molecular flexibility index (Phi) is 4.73. The van der Waals surface area contributed by atoms with Crippen LogP contribution in [0.3, 0.4) is 0 Å². The monoisotopic (exact) mass is 336 g/mol.